The van der Waals surface area contributed by atoms with E-state index in [0.29, 0.717) is 18.3 Å². The number of carboxylic acid groups (broad SMARTS) is 1. The first-order valence-electron chi connectivity index (χ1n) is 5.59. The minimum absolute atomic E-state index is 0.197. The van der Waals surface area contributed by atoms with Crippen LogP contribution in [0.3, 0.4) is 0 Å². The van der Waals surface area contributed by atoms with Gasteiger partial charge in [0.15, 0.2) is 5.82 Å². The van der Waals surface area contributed by atoms with Crippen LogP contribution in [0.15, 0.2) is 12.4 Å². The summed E-state index contributed by atoms with van der Waals surface area (Å²) in [6.45, 7) is 1.55. The second kappa shape index (κ2) is 5.07. The highest BCUT2D eigenvalue weighted by Gasteiger charge is 2.24. The molecule has 17 heavy (non-hydrogen) atoms. The predicted octanol–water partition coefficient (Wildman–Crippen LogP) is 1.31. The Morgan fingerprint density at radius 1 is 1.53 bits per heavy atom. The van der Waals surface area contributed by atoms with Gasteiger partial charge in [0, 0.05) is 19.5 Å². The molecule has 2 rings (SSSR count). The number of aliphatic carboxylic acids is 1. The third-order valence-electron chi connectivity index (χ3n) is 2.94. The van der Waals surface area contributed by atoms with Crippen molar-refractivity contribution < 1.29 is 14.3 Å². The van der Waals surface area contributed by atoms with Crippen molar-refractivity contribution in [3.8, 4) is 0 Å². The minimum atomic E-state index is -0.763. The second-order valence-electron chi connectivity index (χ2n) is 4.23. The molecule has 1 aliphatic heterocycles. The van der Waals surface area contributed by atoms with Crippen LogP contribution in [0.1, 0.15) is 19.3 Å². The largest absolute Gasteiger partial charge is 0.481 e. The third-order valence-corrected chi connectivity index (χ3v) is 2.94. The smallest absolute Gasteiger partial charge is 0.303 e. The molecule has 1 atom stereocenters. The summed E-state index contributed by atoms with van der Waals surface area (Å²) in [5.74, 6) is -0.333. The fraction of sp³-hybridized carbons (Fsp3) is 0.545. The van der Waals surface area contributed by atoms with Crippen LogP contribution in [0, 0.1) is 11.7 Å². The van der Waals surface area contributed by atoms with Gasteiger partial charge in [-0.05, 0) is 18.8 Å². The maximum Gasteiger partial charge on any atom is 0.303 e. The summed E-state index contributed by atoms with van der Waals surface area (Å²) in [4.78, 5) is 20.3. The zero-order chi connectivity index (χ0) is 12.3. The summed E-state index contributed by atoms with van der Waals surface area (Å²) in [5.41, 5.74) is 0. The lowest BCUT2D eigenvalue weighted by Crippen LogP contribution is -2.22. The van der Waals surface area contributed by atoms with Gasteiger partial charge in [-0.3, -0.25) is 4.79 Å². The van der Waals surface area contributed by atoms with E-state index in [1.54, 1.807) is 0 Å². The fourth-order valence-electron chi connectivity index (χ4n) is 2.05. The van der Waals surface area contributed by atoms with E-state index in [1.807, 2.05) is 4.90 Å². The van der Waals surface area contributed by atoms with Gasteiger partial charge in [0.05, 0.1) is 12.4 Å². The van der Waals surface area contributed by atoms with E-state index >= 15 is 0 Å². The standard InChI is InChI=1S/C11H14FN3O2/c12-9-5-13-11(14-6-9)15-4-3-8(7-15)1-2-10(16)17/h5-6,8H,1-4,7H2,(H,16,17). The normalized spacial score (nSPS) is 19.6. The molecule has 0 radical (unpaired) electrons. The molecule has 1 aromatic rings. The maximum absolute atomic E-state index is 12.7. The summed E-state index contributed by atoms with van der Waals surface area (Å²) in [7, 11) is 0. The monoisotopic (exact) mass is 239 g/mol. The summed E-state index contributed by atoms with van der Waals surface area (Å²) in [6.07, 6.45) is 4.10. The number of halogens is 1. The summed E-state index contributed by atoms with van der Waals surface area (Å²) >= 11 is 0. The number of hydrogen-bond donors (Lipinski definition) is 1. The summed E-state index contributed by atoms with van der Waals surface area (Å²) in [5, 5.41) is 8.61. The third kappa shape index (κ3) is 3.12. The average Bonchev–Trinajstić information content (AvgIpc) is 2.76. The molecule has 0 bridgehead atoms. The zero-order valence-electron chi connectivity index (χ0n) is 9.34. The molecule has 1 N–H and O–H groups in total. The fourth-order valence-corrected chi connectivity index (χ4v) is 2.05. The molecule has 0 aliphatic carbocycles. The first-order valence-corrected chi connectivity index (χ1v) is 5.59. The molecule has 0 amide bonds. The summed E-state index contributed by atoms with van der Waals surface area (Å²) < 4.78 is 12.7. The highest BCUT2D eigenvalue weighted by atomic mass is 19.1. The minimum Gasteiger partial charge on any atom is -0.481 e. The van der Waals surface area contributed by atoms with Crippen LogP contribution in [0.5, 0.6) is 0 Å². The summed E-state index contributed by atoms with van der Waals surface area (Å²) in [6, 6.07) is 0. The van der Waals surface area contributed by atoms with Crippen molar-refractivity contribution in [2.24, 2.45) is 5.92 Å². The van der Waals surface area contributed by atoms with Gasteiger partial charge in [-0.1, -0.05) is 0 Å². The van der Waals surface area contributed by atoms with Gasteiger partial charge < -0.3 is 10.0 Å². The Balaban J connectivity index is 1.89. The molecule has 2 heterocycles. The van der Waals surface area contributed by atoms with E-state index in [-0.39, 0.29) is 6.42 Å². The van der Waals surface area contributed by atoms with Gasteiger partial charge in [-0.15, -0.1) is 0 Å². The van der Waals surface area contributed by atoms with Gasteiger partial charge in [0.1, 0.15) is 0 Å². The maximum atomic E-state index is 12.7. The van der Waals surface area contributed by atoms with Crippen molar-refractivity contribution in [3.63, 3.8) is 0 Å². The second-order valence-corrected chi connectivity index (χ2v) is 4.23. The Morgan fingerprint density at radius 2 is 2.24 bits per heavy atom. The van der Waals surface area contributed by atoms with Crippen LogP contribution in [-0.2, 0) is 4.79 Å². The topological polar surface area (TPSA) is 66.3 Å². The highest BCUT2D eigenvalue weighted by molar-refractivity contribution is 5.66. The lowest BCUT2D eigenvalue weighted by atomic mass is 10.0. The number of anilines is 1. The van der Waals surface area contributed by atoms with E-state index in [2.05, 4.69) is 9.97 Å². The van der Waals surface area contributed by atoms with Gasteiger partial charge in [-0.25, -0.2) is 14.4 Å². The van der Waals surface area contributed by atoms with Crippen LogP contribution in [-0.4, -0.2) is 34.1 Å². The number of rotatable bonds is 4. The predicted molar refractivity (Wildman–Crippen MR) is 59.2 cm³/mol. The number of nitrogens with zero attached hydrogens (tertiary/aromatic N) is 3. The number of carboxylic acids is 1. The van der Waals surface area contributed by atoms with Crippen LogP contribution in [0.4, 0.5) is 10.3 Å². The van der Waals surface area contributed by atoms with Crippen molar-refractivity contribution >= 4 is 11.9 Å². The lowest BCUT2D eigenvalue weighted by molar-refractivity contribution is -0.137. The number of carbonyl (C=O) groups is 1. The Kier molecular flexibility index (Phi) is 3.51. The van der Waals surface area contributed by atoms with E-state index in [4.69, 9.17) is 5.11 Å². The van der Waals surface area contributed by atoms with Crippen LogP contribution < -0.4 is 4.90 Å². The average molecular weight is 239 g/mol. The number of hydrogen-bond acceptors (Lipinski definition) is 4. The Bertz CT molecular complexity index is 396. The molecule has 0 spiro atoms. The van der Waals surface area contributed by atoms with Crippen molar-refractivity contribution in [1.29, 1.82) is 0 Å². The molecular weight excluding hydrogens is 225 g/mol. The molecule has 1 aromatic heterocycles. The van der Waals surface area contributed by atoms with Crippen molar-refractivity contribution in [2.45, 2.75) is 19.3 Å². The van der Waals surface area contributed by atoms with Gasteiger partial charge in [-0.2, -0.15) is 0 Å². The van der Waals surface area contributed by atoms with Gasteiger partial charge in [0.2, 0.25) is 5.95 Å². The Morgan fingerprint density at radius 3 is 2.88 bits per heavy atom. The molecule has 92 valence electrons. The van der Waals surface area contributed by atoms with Gasteiger partial charge in [0.25, 0.3) is 0 Å². The molecule has 5 nitrogen and oxygen atoms in total. The molecule has 1 unspecified atom stereocenters. The van der Waals surface area contributed by atoms with Crippen molar-refractivity contribution in [3.05, 3.63) is 18.2 Å². The first kappa shape index (κ1) is 11.8. The van der Waals surface area contributed by atoms with Crippen LogP contribution in [0.2, 0.25) is 0 Å². The van der Waals surface area contributed by atoms with E-state index in [0.717, 1.165) is 31.9 Å². The molecule has 6 heteroatoms. The van der Waals surface area contributed by atoms with E-state index in [9.17, 15) is 9.18 Å². The van der Waals surface area contributed by atoms with E-state index < -0.39 is 11.8 Å². The Labute approximate surface area is 98.3 Å². The molecule has 0 saturated carbocycles. The number of aromatic nitrogens is 2. The molecule has 1 saturated heterocycles. The SMILES string of the molecule is O=C(O)CCC1CCN(c2ncc(F)cn2)C1. The Hall–Kier alpha value is -1.72. The molecular formula is C11H14FN3O2. The van der Waals surface area contributed by atoms with Crippen LogP contribution >= 0.6 is 0 Å². The van der Waals surface area contributed by atoms with Crippen molar-refractivity contribution in [1.82, 2.24) is 9.97 Å². The van der Waals surface area contributed by atoms with Crippen molar-refractivity contribution in [2.75, 3.05) is 18.0 Å². The molecule has 0 aromatic carbocycles. The van der Waals surface area contributed by atoms with Gasteiger partial charge >= 0.3 is 5.97 Å². The lowest BCUT2D eigenvalue weighted by Gasteiger charge is -2.15. The van der Waals surface area contributed by atoms with E-state index in [1.165, 1.54) is 0 Å². The first-order chi connectivity index (χ1) is 8.15. The van der Waals surface area contributed by atoms with Crippen LogP contribution in [0.25, 0.3) is 0 Å². The zero-order valence-corrected chi connectivity index (χ0v) is 9.34. The molecule has 1 aliphatic rings. The quantitative estimate of drug-likeness (QED) is 0.858. The highest BCUT2D eigenvalue weighted by Crippen LogP contribution is 2.23. The molecule has 1 fully saturated rings.